The smallest absolute Gasteiger partial charge is 0.308 e. The summed E-state index contributed by atoms with van der Waals surface area (Å²) >= 11 is 10.4. The van der Waals surface area contributed by atoms with Gasteiger partial charge in [0.05, 0.1) is 15.1 Å². The Kier molecular flexibility index (Phi) is 4.92. The number of nitrogens with one attached hydrogen (secondary N) is 1. The molecule has 2 N–H and O–H groups in total. The Morgan fingerprint density at radius 2 is 1.96 bits per heavy atom. The van der Waals surface area contributed by atoms with Gasteiger partial charge in [-0.1, -0.05) is 11.6 Å². The number of fused-ring (bicyclic) bond motifs is 3. The molecule has 0 aromatic carbocycles. The van der Waals surface area contributed by atoms with Crippen molar-refractivity contribution in [1.82, 2.24) is 9.97 Å². The Labute approximate surface area is 167 Å². The van der Waals surface area contributed by atoms with Crippen molar-refractivity contribution in [2.75, 3.05) is 5.32 Å². The molecule has 2 bridgehead atoms. The molecule has 5 rings (SSSR count). The number of aliphatic carboxylic acids is 1. The summed E-state index contributed by atoms with van der Waals surface area (Å²) in [6, 6.07) is 3.07. The number of carbonyl (C=O) groups is 1. The van der Waals surface area contributed by atoms with E-state index in [2.05, 4.69) is 31.2 Å². The zero-order valence-corrected chi connectivity index (χ0v) is 16.7. The van der Waals surface area contributed by atoms with Crippen molar-refractivity contribution in [2.45, 2.75) is 31.7 Å². The fourth-order valence-corrected chi connectivity index (χ4v) is 5.67. The van der Waals surface area contributed by atoms with Gasteiger partial charge in [0.1, 0.15) is 5.69 Å². The van der Waals surface area contributed by atoms with E-state index in [4.69, 9.17) is 11.6 Å². The number of nitrogens with zero attached hydrogens (tertiary/aromatic N) is 2. The number of aromatic nitrogens is 2. The first-order valence-corrected chi connectivity index (χ1v) is 10.4. The summed E-state index contributed by atoms with van der Waals surface area (Å²) in [7, 11) is 0. The van der Waals surface area contributed by atoms with Gasteiger partial charge in [-0.15, -0.1) is 11.3 Å². The number of halogens is 3. The molecular formula is C17H16BrClFN3O2S. The van der Waals surface area contributed by atoms with Gasteiger partial charge in [-0.05, 0) is 65.6 Å². The van der Waals surface area contributed by atoms with Gasteiger partial charge >= 0.3 is 5.97 Å². The van der Waals surface area contributed by atoms with E-state index in [1.807, 2.05) is 0 Å². The molecule has 0 spiro atoms. The summed E-state index contributed by atoms with van der Waals surface area (Å²) in [6.45, 7) is 0. The fraction of sp³-hybridized carbons (Fsp3) is 0.471. The first kappa shape index (κ1) is 18.1. The quantitative estimate of drug-likeness (QED) is 0.624. The largest absolute Gasteiger partial charge is 0.481 e. The number of hydrogen-bond acceptors (Lipinski definition) is 5. The number of anilines is 1. The van der Waals surface area contributed by atoms with Crippen LogP contribution in [0.15, 0.2) is 16.9 Å². The maximum Gasteiger partial charge on any atom is 0.308 e. The third-order valence-corrected chi connectivity index (χ3v) is 7.03. The highest BCUT2D eigenvalue weighted by Crippen LogP contribution is 2.46. The predicted octanol–water partition coefficient (Wildman–Crippen LogP) is 5.06. The number of rotatable bonds is 4. The van der Waals surface area contributed by atoms with E-state index in [9.17, 15) is 9.90 Å². The average Bonchev–Trinajstić information content (AvgIpc) is 3.04. The normalized spacial score (nSPS) is 27.5. The van der Waals surface area contributed by atoms with Crippen molar-refractivity contribution < 1.29 is 14.3 Å². The van der Waals surface area contributed by atoms with Crippen molar-refractivity contribution in [2.24, 2.45) is 17.8 Å². The molecular weight excluding hydrogens is 445 g/mol. The molecule has 2 unspecified atom stereocenters. The molecule has 0 aliphatic heterocycles. The highest BCUT2D eigenvalue weighted by Gasteiger charge is 2.47. The van der Waals surface area contributed by atoms with Crippen molar-refractivity contribution in [1.29, 1.82) is 0 Å². The van der Waals surface area contributed by atoms with Gasteiger partial charge in [-0.2, -0.15) is 0 Å². The van der Waals surface area contributed by atoms with E-state index in [1.54, 1.807) is 12.1 Å². The zero-order chi connectivity index (χ0) is 18.4. The van der Waals surface area contributed by atoms with Crippen LogP contribution in [0, 0.1) is 23.6 Å². The van der Waals surface area contributed by atoms with E-state index in [0.29, 0.717) is 9.21 Å². The van der Waals surface area contributed by atoms with Crippen molar-refractivity contribution in [3.8, 4) is 10.6 Å². The highest BCUT2D eigenvalue weighted by atomic mass is 79.9. The van der Waals surface area contributed by atoms with Gasteiger partial charge in [0.25, 0.3) is 0 Å². The number of hydrogen-bond donors (Lipinski definition) is 2. The number of carboxylic acid groups (broad SMARTS) is 1. The maximum atomic E-state index is 15.1. The van der Waals surface area contributed by atoms with Gasteiger partial charge in [-0.3, -0.25) is 4.79 Å². The Morgan fingerprint density at radius 3 is 2.58 bits per heavy atom. The molecule has 138 valence electrons. The molecule has 2 aromatic heterocycles. The van der Waals surface area contributed by atoms with Crippen LogP contribution in [-0.2, 0) is 4.79 Å². The molecule has 9 heteroatoms. The van der Waals surface area contributed by atoms with Gasteiger partial charge < -0.3 is 10.4 Å². The fourth-order valence-electron chi connectivity index (χ4n) is 4.29. The van der Waals surface area contributed by atoms with E-state index < -0.39 is 17.7 Å². The van der Waals surface area contributed by atoms with Gasteiger partial charge in [0, 0.05) is 6.04 Å². The molecule has 0 saturated heterocycles. The topological polar surface area (TPSA) is 75.1 Å². The molecule has 0 amide bonds. The lowest BCUT2D eigenvalue weighted by Crippen LogP contribution is -2.51. The molecule has 2 atom stereocenters. The van der Waals surface area contributed by atoms with Crippen LogP contribution < -0.4 is 5.32 Å². The second kappa shape index (κ2) is 7.05. The second-order valence-electron chi connectivity index (χ2n) is 6.82. The molecule has 0 radical (unpaired) electrons. The second-order valence-corrected chi connectivity index (χ2v) is 9.24. The maximum absolute atomic E-state index is 15.1. The summed E-state index contributed by atoms with van der Waals surface area (Å²) in [5, 5.41) is 12.8. The number of carboxylic acids is 1. The van der Waals surface area contributed by atoms with Crippen LogP contribution in [0.5, 0.6) is 0 Å². The van der Waals surface area contributed by atoms with E-state index >= 15 is 4.39 Å². The highest BCUT2D eigenvalue weighted by molar-refractivity contribution is 9.10. The molecule has 2 heterocycles. The summed E-state index contributed by atoms with van der Waals surface area (Å²) in [5.74, 6) is -1.54. The van der Waals surface area contributed by atoms with Crippen molar-refractivity contribution >= 4 is 50.7 Å². The molecule has 3 aliphatic rings. The molecule has 3 saturated carbocycles. The Balaban J connectivity index is 1.70. The first-order valence-electron chi connectivity index (χ1n) is 8.42. The molecule has 3 aliphatic carbocycles. The van der Waals surface area contributed by atoms with E-state index in [1.165, 1.54) is 11.3 Å². The SMILES string of the molecule is O=C(O)C1C2CCC(CC2)C1Nc1nc(Br)nc(-c2ccc(Cl)s2)c1F. The third-order valence-electron chi connectivity index (χ3n) is 5.44. The number of thiophene rings is 1. The van der Waals surface area contributed by atoms with Crippen molar-refractivity contribution in [3.05, 3.63) is 27.0 Å². The van der Waals surface area contributed by atoms with Crippen LogP contribution in [0.1, 0.15) is 25.7 Å². The molecule has 2 aromatic rings. The van der Waals surface area contributed by atoms with Crippen LogP contribution in [0.4, 0.5) is 10.2 Å². The molecule has 3 fully saturated rings. The Bertz CT molecular complexity index is 857. The van der Waals surface area contributed by atoms with Crippen LogP contribution in [0.2, 0.25) is 4.34 Å². The Morgan fingerprint density at radius 1 is 1.27 bits per heavy atom. The van der Waals surface area contributed by atoms with Crippen LogP contribution in [0.3, 0.4) is 0 Å². The summed E-state index contributed by atoms with van der Waals surface area (Å²) in [5.41, 5.74) is 0.152. The predicted molar refractivity (Wildman–Crippen MR) is 102 cm³/mol. The van der Waals surface area contributed by atoms with Crippen molar-refractivity contribution in [3.63, 3.8) is 0 Å². The minimum Gasteiger partial charge on any atom is -0.481 e. The van der Waals surface area contributed by atoms with Crippen LogP contribution in [-0.4, -0.2) is 27.1 Å². The minimum absolute atomic E-state index is 0.0372. The van der Waals surface area contributed by atoms with Gasteiger partial charge in [0.15, 0.2) is 16.4 Å². The lowest BCUT2D eigenvalue weighted by Gasteiger charge is -2.47. The third kappa shape index (κ3) is 3.23. The molecule has 5 nitrogen and oxygen atoms in total. The zero-order valence-electron chi connectivity index (χ0n) is 13.6. The van der Waals surface area contributed by atoms with E-state index in [-0.39, 0.29) is 34.1 Å². The van der Waals surface area contributed by atoms with Gasteiger partial charge in [0.2, 0.25) is 0 Å². The standard InChI is InChI=1S/C17H16BrClFN3O2S/c18-17-22-14(9-5-6-10(19)26-9)12(20)15(23-17)21-13-8-3-1-7(2-4-8)11(13)16(24)25/h5-8,11,13H,1-4H2,(H,24,25)(H,21,22,23). The van der Waals surface area contributed by atoms with Crippen LogP contribution in [0.25, 0.3) is 10.6 Å². The van der Waals surface area contributed by atoms with Gasteiger partial charge in [-0.25, -0.2) is 14.4 Å². The summed E-state index contributed by atoms with van der Waals surface area (Å²) in [6.07, 6.45) is 3.78. The van der Waals surface area contributed by atoms with E-state index in [0.717, 1.165) is 25.7 Å². The minimum atomic E-state index is -0.823. The first-order chi connectivity index (χ1) is 12.4. The lowest BCUT2D eigenvalue weighted by atomic mass is 9.61. The van der Waals surface area contributed by atoms with Crippen LogP contribution >= 0.6 is 38.9 Å². The molecule has 26 heavy (non-hydrogen) atoms. The average molecular weight is 461 g/mol. The lowest BCUT2D eigenvalue weighted by molar-refractivity contribution is -0.148. The summed E-state index contributed by atoms with van der Waals surface area (Å²) < 4.78 is 15.9. The summed E-state index contributed by atoms with van der Waals surface area (Å²) in [4.78, 5) is 20.7. The Hall–Kier alpha value is -1.25. The monoisotopic (exact) mass is 459 g/mol.